The average molecular weight is 499 g/mol. The van der Waals surface area contributed by atoms with Gasteiger partial charge in [0.25, 0.3) is 0 Å². The highest BCUT2D eigenvalue weighted by Crippen LogP contribution is 2.35. The van der Waals surface area contributed by atoms with E-state index in [1.54, 1.807) is 0 Å². The van der Waals surface area contributed by atoms with Crippen LogP contribution in [0.1, 0.15) is 76.3 Å². The van der Waals surface area contributed by atoms with Gasteiger partial charge in [-0.15, -0.1) is 0 Å². The van der Waals surface area contributed by atoms with Gasteiger partial charge in [0.2, 0.25) is 0 Å². The monoisotopic (exact) mass is 498 g/mol. The molecule has 0 bridgehead atoms. The predicted molar refractivity (Wildman–Crippen MR) is 168 cm³/mol. The first-order chi connectivity index (χ1) is 18.8. The lowest BCUT2D eigenvalue weighted by atomic mass is 9.90. The molecule has 0 nitrogen and oxygen atoms in total. The quantitative estimate of drug-likeness (QED) is 0.150. The van der Waals surface area contributed by atoms with Gasteiger partial charge in [-0.05, 0) is 80.6 Å². The van der Waals surface area contributed by atoms with E-state index in [0.29, 0.717) is 0 Å². The number of aryl methyl sites for hydroxylation is 2. The maximum atomic E-state index is 2.37. The second-order valence-electron chi connectivity index (χ2n) is 10.8. The molecule has 0 saturated heterocycles. The van der Waals surface area contributed by atoms with Crippen molar-refractivity contribution in [3.63, 3.8) is 0 Å². The summed E-state index contributed by atoms with van der Waals surface area (Å²) in [5, 5.41) is 5.55. The van der Waals surface area contributed by atoms with Crippen LogP contribution in [-0.4, -0.2) is 0 Å². The molecule has 0 aliphatic carbocycles. The van der Waals surface area contributed by atoms with E-state index >= 15 is 0 Å². The molecule has 0 heterocycles. The summed E-state index contributed by atoms with van der Waals surface area (Å²) in [4.78, 5) is 0. The topological polar surface area (TPSA) is 0 Å². The van der Waals surface area contributed by atoms with Crippen LogP contribution in [0.3, 0.4) is 0 Å². The van der Waals surface area contributed by atoms with Gasteiger partial charge in [0, 0.05) is 0 Å². The lowest BCUT2D eigenvalue weighted by molar-refractivity contribution is 0.668. The lowest BCUT2D eigenvalue weighted by Gasteiger charge is -2.14. The molecule has 5 rings (SSSR count). The largest absolute Gasteiger partial charge is 0.0654 e. The van der Waals surface area contributed by atoms with Gasteiger partial charge in [0.05, 0.1) is 0 Å². The summed E-state index contributed by atoms with van der Waals surface area (Å²) >= 11 is 0. The second kappa shape index (κ2) is 12.9. The SMILES string of the molecule is CCCCCCc1ccc(-c2ccc(-c3ccc(CCCCCC)c4ccccc34)cc2)c2ccccc12. The van der Waals surface area contributed by atoms with Crippen LogP contribution >= 0.6 is 0 Å². The Bertz CT molecular complexity index is 1360. The van der Waals surface area contributed by atoms with Crippen LogP contribution in [0.25, 0.3) is 43.8 Å². The summed E-state index contributed by atoms with van der Waals surface area (Å²) in [5.41, 5.74) is 8.21. The van der Waals surface area contributed by atoms with Crippen molar-refractivity contribution in [3.8, 4) is 22.3 Å². The highest BCUT2D eigenvalue weighted by atomic mass is 14.1. The number of hydrogen-bond acceptors (Lipinski definition) is 0. The summed E-state index contributed by atoms with van der Waals surface area (Å²) in [7, 11) is 0. The third-order valence-electron chi connectivity index (χ3n) is 8.13. The van der Waals surface area contributed by atoms with Gasteiger partial charge in [-0.25, -0.2) is 0 Å². The minimum atomic E-state index is 1.17. The summed E-state index contributed by atoms with van der Waals surface area (Å²) in [6.45, 7) is 4.56. The van der Waals surface area contributed by atoms with Crippen molar-refractivity contribution >= 4 is 21.5 Å². The van der Waals surface area contributed by atoms with Crippen molar-refractivity contribution in [2.45, 2.75) is 78.1 Å². The Morgan fingerprint density at radius 1 is 0.368 bits per heavy atom. The van der Waals surface area contributed by atoms with Crippen LogP contribution in [0, 0.1) is 0 Å². The predicted octanol–water partition coefficient (Wildman–Crippen LogP) is 11.6. The standard InChI is InChI=1S/C38H42/c1-3-5-7-9-15-29-25-27-35(37-19-13-11-17-33(29)37)31-21-23-32(24-22-31)36-28-26-30(16-10-8-6-4-2)34-18-12-14-20-38(34)36/h11-14,17-28H,3-10,15-16H2,1-2H3. The Morgan fingerprint density at radius 3 is 1.16 bits per heavy atom. The van der Waals surface area contributed by atoms with Crippen LogP contribution < -0.4 is 0 Å². The van der Waals surface area contributed by atoms with E-state index in [1.807, 2.05) is 0 Å². The molecule has 0 saturated carbocycles. The number of benzene rings is 5. The molecule has 0 heteroatoms. The summed E-state index contributed by atoms with van der Waals surface area (Å²) < 4.78 is 0. The van der Waals surface area contributed by atoms with Crippen molar-refractivity contribution in [3.05, 3.63) is 108 Å². The molecule has 0 radical (unpaired) electrons. The molecule has 0 aromatic heterocycles. The summed E-state index contributed by atoms with van der Waals surface area (Å²) in [5.74, 6) is 0. The fourth-order valence-electron chi connectivity index (χ4n) is 5.98. The Kier molecular flexibility index (Phi) is 8.92. The normalized spacial score (nSPS) is 11.4. The van der Waals surface area contributed by atoms with Gasteiger partial charge < -0.3 is 0 Å². The van der Waals surface area contributed by atoms with Gasteiger partial charge in [-0.3, -0.25) is 0 Å². The minimum absolute atomic E-state index is 1.17. The zero-order chi connectivity index (χ0) is 26.2. The van der Waals surface area contributed by atoms with E-state index in [1.165, 1.54) is 119 Å². The molecular weight excluding hydrogens is 456 g/mol. The van der Waals surface area contributed by atoms with Crippen LogP contribution in [0.2, 0.25) is 0 Å². The first-order valence-corrected chi connectivity index (χ1v) is 14.9. The first-order valence-electron chi connectivity index (χ1n) is 14.9. The molecule has 5 aromatic carbocycles. The summed E-state index contributed by atoms with van der Waals surface area (Å²) in [6.07, 6.45) is 12.8. The number of fused-ring (bicyclic) bond motifs is 2. The van der Waals surface area contributed by atoms with Crippen molar-refractivity contribution < 1.29 is 0 Å². The van der Waals surface area contributed by atoms with E-state index in [2.05, 4.69) is 111 Å². The number of hydrogen-bond donors (Lipinski definition) is 0. The maximum Gasteiger partial charge on any atom is -0.0103 e. The zero-order valence-corrected chi connectivity index (χ0v) is 23.3. The molecule has 194 valence electrons. The molecular formula is C38H42. The minimum Gasteiger partial charge on any atom is -0.0654 e. The van der Waals surface area contributed by atoms with E-state index in [-0.39, 0.29) is 0 Å². The van der Waals surface area contributed by atoms with Gasteiger partial charge in [-0.1, -0.05) is 149 Å². The highest BCUT2D eigenvalue weighted by Gasteiger charge is 2.11. The van der Waals surface area contributed by atoms with Crippen molar-refractivity contribution in [1.82, 2.24) is 0 Å². The van der Waals surface area contributed by atoms with Crippen LogP contribution in [-0.2, 0) is 12.8 Å². The molecule has 0 N–H and O–H groups in total. The Balaban J connectivity index is 1.43. The first kappa shape index (κ1) is 26.2. The fourth-order valence-corrected chi connectivity index (χ4v) is 5.98. The summed E-state index contributed by atoms with van der Waals surface area (Å²) in [6, 6.07) is 36.6. The Labute approximate surface area is 229 Å². The Morgan fingerprint density at radius 2 is 0.763 bits per heavy atom. The van der Waals surface area contributed by atoms with E-state index in [4.69, 9.17) is 0 Å². The van der Waals surface area contributed by atoms with Gasteiger partial charge in [0.15, 0.2) is 0 Å². The molecule has 0 aliphatic rings. The lowest BCUT2D eigenvalue weighted by Crippen LogP contribution is -1.92. The fraction of sp³-hybridized carbons (Fsp3) is 0.316. The second-order valence-corrected chi connectivity index (χ2v) is 10.8. The molecule has 0 unspecified atom stereocenters. The molecule has 5 aromatic rings. The maximum absolute atomic E-state index is 2.37. The van der Waals surface area contributed by atoms with Crippen LogP contribution in [0.4, 0.5) is 0 Å². The van der Waals surface area contributed by atoms with Crippen molar-refractivity contribution in [2.75, 3.05) is 0 Å². The molecule has 0 spiro atoms. The molecule has 0 fully saturated rings. The third kappa shape index (κ3) is 5.86. The van der Waals surface area contributed by atoms with E-state index in [0.717, 1.165) is 0 Å². The Hall–Kier alpha value is -3.38. The van der Waals surface area contributed by atoms with Crippen molar-refractivity contribution in [1.29, 1.82) is 0 Å². The van der Waals surface area contributed by atoms with Crippen LogP contribution in [0.15, 0.2) is 97.1 Å². The van der Waals surface area contributed by atoms with Gasteiger partial charge >= 0.3 is 0 Å². The van der Waals surface area contributed by atoms with E-state index in [9.17, 15) is 0 Å². The molecule has 38 heavy (non-hydrogen) atoms. The van der Waals surface area contributed by atoms with E-state index < -0.39 is 0 Å². The molecule has 0 aliphatic heterocycles. The highest BCUT2D eigenvalue weighted by molar-refractivity contribution is 6.00. The van der Waals surface area contributed by atoms with Gasteiger partial charge in [-0.2, -0.15) is 0 Å². The smallest absolute Gasteiger partial charge is 0.0103 e. The third-order valence-corrected chi connectivity index (χ3v) is 8.13. The molecule has 0 atom stereocenters. The number of rotatable bonds is 12. The number of unbranched alkanes of at least 4 members (excludes halogenated alkanes) is 6. The zero-order valence-electron chi connectivity index (χ0n) is 23.3. The van der Waals surface area contributed by atoms with Crippen molar-refractivity contribution in [2.24, 2.45) is 0 Å². The molecule has 0 amide bonds. The average Bonchev–Trinajstić information content (AvgIpc) is 2.97. The van der Waals surface area contributed by atoms with Crippen LogP contribution in [0.5, 0.6) is 0 Å². The van der Waals surface area contributed by atoms with Gasteiger partial charge in [0.1, 0.15) is 0 Å².